The zero-order valence-electron chi connectivity index (χ0n) is 18.0. The van der Waals surface area contributed by atoms with Gasteiger partial charge >= 0.3 is 5.97 Å². The van der Waals surface area contributed by atoms with Crippen molar-refractivity contribution in [1.29, 1.82) is 0 Å². The lowest BCUT2D eigenvalue weighted by Crippen LogP contribution is -2.37. The van der Waals surface area contributed by atoms with Gasteiger partial charge in [-0.1, -0.05) is 48.5 Å². The highest BCUT2D eigenvalue weighted by molar-refractivity contribution is 6.24. The molecule has 0 aliphatic carbocycles. The van der Waals surface area contributed by atoms with E-state index < -0.39 is 29.9 Å². The van der Waals surface area contributed by atoms with Gasteiger partial charge < -0.3 is 4.74 Å². The van der Waals surface area contributed by atoms with Gasteiger partial charge in [-0.2, -0.15) is 0 Å². The number of ether oxygens (including phenoxy) is 1. The lowest BCUT2D eigenvalue weighted by molar-refractivity contribution is -0.126. The smallest absolute Gasteiger partial charge is 0.338 e. The highest BCUT2D eigenvalue weighted by atomic mass is 16.7. The van der Waals surface area contributed by atoms with Crippen molar-refractivity contribution >= 4 is 29.2 Å². The fourth-order valence-corrected chi connectivity index (χ4v) is 4.42. The Hall–Kier alpha value is -3.97. The summed E-state index contributed by atoms with van der Waals surface area (Å²) in [7, 11) is 0. The van der Waals surface area contributed by atoms with Gasteiger partial charge in [0.05, 0.1) is 29.6 Å². The molecule has 3 aromatic rings. The molecule has 3 aromatic carbocycles. The number of para-hydroxylation sites is 1. The van der Waals surface area contributed by atoms with Crippen molar-refractivity contribution < 1.29 is 24.0 Å². The van der Waals surface area contributed by atoms with Crippen molar-refractivity contribution in [2.45, 2.75) is 19.1 Å². The monoisotopic (exact) mass is 442 g/mol. The SMILES string of the molecule is CCOC(=O)c1ccc(N2C(=O)[C@@H]3[C@H](ON(c4ccccc4)[C@@H]3c3ccccc3)C2=O)cc1. The average Bonchev–Trinajstić information content (AvgIpc) is 3.36. The number of hydroxylamine groups is 1. The summed E-state index contributed by atoms with van der Waals surface area (Å²) in [6.45, 7) is 2.00. The van der Waals surface area contributed by atoms with Crippen LogP contribution in [0.15, 0.2) is 84.9 Å². The van der Waals surface area contributed by atoms with Crippen LogP contribution in [0.25, 0.3) is 0 Å². The van der Waals surface area contributed by atoms with E-state index in [-0.39, 0.29) is 12.5 Å². The van der Waals surface area contributed by atoms with Crippen molar-refractivity contribution in [3.8, 4) is 0 Å². The summed E-state index contributed by atoms with van der Waals surface area (Å²) in [6, 6.07) is 24.8. The van der Waals surface area contributed by atoms with Crippen molar-refractivity contribution in [3.63, 3.8) is 0 Å². The zero-order valence-corrected chi connectivity index (χ0v) is 18.0. The second kappa shape index (κ2) is 8.52. The minimum Gasteiger partial charge on any atom is -0.462 e. The molecular formula is C26H22N2O5. The Balaban J connectivity index is 1.49. The summed E-state index contributed by atoms with van der Waals surface area (Å²) in [5, 5.41) is 1.67. The number of amides is 2. The van der Waals surface area contributed by atoms with Crippen LogP contribution in [-0.2, 0) is 19.2 Å². The summed E-state index contributed by atoms with van der Waals surface area (Å²) >= 11 is 0. The Labute approximate surface area is 191 Å². The molecule has 0 unspecified atom stereocenters. The average molecular weight is 442 g/mol. The molecule has 5 rings (SSSR count). The molecule has 33 heavy (non-hydrogen) atoms. The predicted octanol–water partition coefficient (Wildman–Crippen LogP) is 3.91. The van der Waals surface area contributed by atoms with Gasteiger partial charge in [0.25, 0.3) is 5.91 Å². The summed E-state index contributed by atoms with van der Waals surface area (Å²) in [5.41, 5.74) is 2.41. The van der Waals surface area contributed by atoms with Gasteiger partial charge in [0.2, 0.25) is 5.91 Å². The van der Waals surface area contributed by atoms with Crippen LogP contribution in [0, 0.1) is 5.92 Å². The van der Waals surface area contributed by atoms with Gasteiger partial charge in [-0.3, -0.25) is 14.4 Å². The maximum atomic E-state index is 13.6. The third kappa shape index (κ3) is 3.56. The lowest BCUT2D eigenvalue weighted by atomic mass is 9.90. The Bertz CT molecular complexity index is 1180. The van der Waals surface area contributed by atoms with Crippen LogP contribution >= 0.6 is 0 Å². The summed E-state index contributed by atoms with van der Waals surface area (Å²) < 4.78 is 5.00. The molecule has 2 aliphatic rings. The number of esters is 1. The molecule has 0 aromatic heterocycles. The maximum absolute atomic E-state index is 13.6. The Morgan fingerprint density at radius 3 is 2.12 bits per heavy atom. The van der Waals surface area contributed by atoms with E-state index in [0.29, 0.717) is 11.3 Å². The molecule has 3 atom stereocenters. The van der Waals surface area contributed by atoms with Crippen LogP contribution in [0.3, 0.4) is 0 Å². The van der Waals surface area contributed by atoms with Crippen molar-refractivity contribution in [2.75, 3.05) is 16.6 Å². The first-order valence-electron chi connectivity index (χ1n) is 10.8. The molecule has 0 N–H and O–H groups in total. The van der Waals surface area contributed by atoms with Crippen molar-refractivity contribution in [2.24, 2.45) is 5.92 Å². The number of rotatable bonds is 5. The topological polar surface area (TPSA) is 76.2 Å². The molecule has 2 saturated heterocycles. The fourth-order valence-electron chi connectivity index (χ4n) is 4.42. The van der Waals surface area contributed by atoms with E-state index in [1.807, 2.05) is 60.7 Å². The summed E-state index contributed by atoms with van der Waals surface area (Å²) in [4.78, 5) is 46.1. The first-order valence-corrected chi connectivity index (χ1v) is 10.8. The van der Waals surface area contributed by atoms with Crippen molar-refractivity contribution in [3.05, 3.63) is 96.1 Å². The lowest BCUT2D eigenvalue weighted by Gasteiger charge is -2.28. The molecule has 0 spiro atoms. The number of hydrogen-bond acceptors (Lipinski definition) is 6. The summed E-state index contributed by atoms with van der Waals surface area (Å²) in [6.07, 6.45) is -0.937. The fraction of sp³-hybridized carbons (Fsp3) is 0.192. The number of fused-ring (bicyclic) bond motifs is 1. The van der Waals surface area contributed by atoms with E-state index in [1.54, 1.807) is 36.3 Å². The molecule has 7 nitrogen and oxygen atoms in total. The first kappa shape index (κ1) is 20.9. The molecule has 0 bridgehead atoms. The minimum atomic E-state index is -0.937. The van der Waals surface area contributed by atoms with Crippen LogP contribution < -0.4 is 9.96 Å². The Morgan fingerprint density at radius 1 is 0.848 bits per heavy atom. The molecule has 2 fully saturated rings. The van der Waals surface area contributed by atoms with Crippen LogP contribution in [-0.4, -0.2) is 30.5 Å². The number of nitrogens with zero attached hydrogens (tertiary/aromatic N) is 2. The quantitative estimate of drug-likeness (QED) is 0.441. The zero-order chi connectivity index (χ0) is 22.9. The Kier molecular flexibility index (Phi) is 5.40. The van der Waals surface area contributed by atoms with Gasteiger partial charge in [-0.25, -0.2) is 14.8 Å². The van der Waals surface area contributed by atoms with E-state index in [2.05, 4.69) is 0 Å². The van der Waals surface area contributed by atoms with Crippen molar-refractivity contribution in [1.82, 2.24) is 0 Å². The standard InChI is InChI=1S/C26H22N2O5/c1-2-32-26(31)18-13-15-19(16-14-18)27-24(29)21-22(17-9-5-3-6-10-17)28(33-23(21)25(27)30)20-11-7-4-8-12-20/h3-16,21-23H,2H2,1H3/t21-,22+,23-/m0/s1. The van der Waals surface area contributed by atoms with E-state index in [0.717, 1.165) is 16.2 Å². The number of hydrogen-bond donors (Lipinski definition) is 0. The Morgan fingerprint density at radius 2 is 1.48 bits per heavy atom. The van der Waals surface area contributed by atoms with Gasteiger partial charge in [0, 0.05) is 0 Å². The van der Waals surface area contributed by atoms with E-state index in [9.17, 15) is 14.4 Å². The normalized spacial score (nSPS) is 21.9. The molecular weight excluding hydrogens is 420 g/mol. The maximum Gasteiger partial charge on any atom is 0.338 e. The van der Waals surface area contributed by atoms with Crippen LogP contribution in [0.2, 0.25) is 0 Å². The number of carbonyl (C=O) groups is 3. The van der Waals surface area contributed by atoms with Gasteiger partial charge in [-0.05, 0) is 48.9 Å². The molecule has 0 radical (unpaired) electrons. The predicted molar refractivity (Wildman–Crippen MR) is 121 cm³/mol. The van der Waals surface area contributed by atoms with Crippen LogP contribution in [0.4, 0.5) is 11.4 Å². The number of carbonyl (C=O) groups excluding carboxylic acids is 3. The molecule has 0 saturated carbocycles. The van der Waals surface area contributed by atoms with Gasteiger partial charge in [0.1, 0.15) is 5.92 Å². The molecule has 166 valence electrons. The second-order valence-corrected chi connectivity index (χ2v) is 7.85. The second-order valence-electron chi connectivity index (χ2n) is 7.85. The van der Waals surface area contributed by atoms with Gasteiger partial charge in [-0.15, -0.1) is 0 Å². The van der Waals surface area contributed by atoms with E-state index >= 15 is 0 Å². The molecule has 2 heterocycles. The molecule has 7 heteroatoms. The van der Waals surface area contributed by atoms with Crippen LogP contribution in [0.1, 0.15) is 28.9 Å². The minimum absolute atomic E-state index is 0.267. The highest BCUT2D eigenvalue weighted by Crippen LogP contribution is 2.47. The largest absolute Gasteiger partial charge is 0.462 e. The third-order valence-electron chi connectivity index (χ3n) is 5.90. The molecule has 2 amide bonds. The number of imide groups is 1. The number of anilines is 2. The third-order valence-corrected chi connectivity index (χ3v) is 5.90. The van der Waals surface area contributed by atoms with Gasteiger partial charge in [0.15, 0.2) is 6.10 Å². The van der Waals surface area contributed by atoms with E-state index in [1.165, 1.54) is 0 Å². The van der Waals surface area contributed by atoms with Crippen LogP contribution in [0.5, 0.6) is 0 Å². The van der Waals surface area contributed by atoms with E-state index in [4.69, 9.17) is 9.57 Å². The highest BCUT2D eigenvalue weighted by Gasteiger charge is 2.60. The summed E-state index contributed by atoms with van der Waals surface area (Å²) in [5.74, 6) is -1.91. The molecule has 2 aliphatic heterocycles. The number of benzene rings is 3. The first-order chi connectivity index (χ1) is 16.1.